The standard InChI is InChI=1S/C22H31BrO2/c1-3-15-25-22-13-10-19-17-20(11-12-21(19)18(22)2)24-16-9-7-5-4-6-8-14-23/h10-13,17H,3-9,14-16H2,1-2H3. The first-order valence-electron chi connectivity index (χ1n) is 9.61. The molecule has 0 saturated heterocycles. The predicted octanol–water partition coefficient (Wildman–Crippen LogP) is 7.05. The molecule has 138 valence electrons. The van der Waals surface area contributed by atoms with Gasteiger partial charge in [-0.15, -0.1) is 0 Å². The van der Waals surface area contributed by atoms with E-state index >= 15 is 0 Å². The number of unbranched alkanes of at least 4 members (excludes halogenated alkanes) is 5. The summed E-state index contributed by atoms with van der Waals surface area (Å²) in [7, 11) is 0. The summed E-state index contributed by atoms with van der Waals surface area (Å²) >= 11 is 3.48. The first kappa shape index (κ1) is 20.1. The average Bonchev–Trinajstić information content (AvgIpc) is 2.63. The fourth-order valence-corrected chi connectivity index (χ4v) is 3.39. The van der Waals surface area contributed by atoms with Gasteiger partial charge in [-0.25, -0.2) is 0 Å². The van der Waals surface area contributed by atoms with Gasteiger partial charge in [0.2, 0.25) is 0 Å². The van der Waals surface area contributed by atoms with Crippen LogP contribution in [0.4, 0.5) is 0 Å². The molecule has 0 spiro atoms. The van der Waals surface area contributed by atoms with Crippen LogP contribution in [-0.2, 0) is 0 Å². The Labute approximate surface area is 161 Å². The summed E-state index contributed by atoms with van der Waals surface area (Å²) in [6.07, 6.45) is 8.69. The van der Waals surface area contributed by atoms with Crippen LogP contribution in [0.15, 0.2) is 30.3 Å². The van der Waals surface area contributed by atoms with E-state index in [1.807, 2.05) is 0 Å². The quantitative estimate of drug-likeness (QED) is 0.277. The van der Waals surface area contributed by atoms with E-state index in [0.717, 1.165) is 42.9 Å². The number of ether oxygens (including phenoxy) is 2. The van der Waals surface area contributed by atoms with Crippen LogP contribution in [0.2, 0.25) is 0 Å². The van der Waals surface area contributed by atoms with E-state index in [4.69, 9.17) is 9.47 Å². The third-order valence-electron chi connectivity index (χ3n) is 4.47. The van der Waals surface area contributed by atoms with Gasteiger partial charge >= 0.3 is 0 Å². The highest BCUT2D eigenvalue weighted by molar-refractivity contribution is 9.09. The molecule has 0 aliphatic heterocycles. The summed E-state index contributed by atoms with van der Waals surface area (Å²) in [5.74, 6) is 1.95. The van der Waals surface area contributed by atoms with Crippen molar-refractivity contribution in [2.24, 2.45) is 0 Å². The Morgan fingerprint density at radius 3 is 2.36 bits per heavy atom. The first-order valence-corrected chi connectivity index (χ1v) is 10.7. The highest BCUT2D eigenvalue weighted by Gasteiger charge is 2.06. The monoisotopic (exact) mass is 406 g/mol. The Morgan fingerprint density at radius 2 is 1.60 bits per heavy atom. The molecule has 2 nitrogen and oxygen atoms in total. The van der Waals surface area contributed by atoms with Crippen LogP contribution >= 0.6 is 15.9 Å². The van der Waals surface area contributed by atoms with E-state index in [1.165, 1.54) is 48.4 Å². The normalized spacial score (nSPS) is 11.0. The molecule has 2 rings (SSSR count). The molecule has 2 aromatic rings. The average molecular weight is 407 g/mol. The van der Waals surface area contributed by atoms with Crippen molar-refractivity contribution in [3.8, 4) is 11.5 Å². The van der Waals surface area contributed by atoms with Crippen molar-refractivity contribution in [3.05, 3.63) is 35.9 Å². The molecule has 0 aliphatic rings. The molecule has 3 heteroatoms. The van der Waals surface area contributed by atoms with Crippen molar-refractivity contribution in [2.75, 3.05) is 18.5 Å². The third kappa shape index (κ3) is 6.54. The van der Waals surface area contributed by atoms with Crippen LogP contribution in [0.25, 0.3) is 10.8 Å². The Hall–Kier alpha value is -1.22. The van der Waals surface area contributed by atoms with Gasteiger partial charge in [-0.05, 0) is 60.7 Å². The molecule has 0 saturated carbocycles. The van der Waals surface area contributed by atoms with Gasteiger partial charge in [-0.3, -0.25) is 0 Å². The lowest BCUT2D eigenvalue weighted by Gasteiger charge is -2.12. The van der Waals surface area contributed by atoms with Crippen molar-refractivity contribution >= 4 is 26.7 Å². The Morgan fingerprint density at radius 1 is 0.840 bits per heavy atom. The zero-order valence-corrected chi connectivity index (χ0v) is 17.2. The van der Waals surface area contributed by atoms with Crippen LogP contribution in [0.5, 0.6) is 11.5 Å². The van der Waals surface area contributed by atoms with Gasteiger partial charge in [-0.2, -0.15) is 0 Å². The summed E-state index contributed by atoms with van der Waals surface area (Å²) in [5, 5.41) is 3.59. The first-order chi connectivity index (χ1) is 12.3. The van der Waals surface area contributed by atoms with Crippen LogP contribution in [0, 0.1) is 6.92 Å². The van der Waals surface area contributed by atoms with Gasteiger partial charge in [-0.1, -0.05) is 60.7 Å². The third-order valence-corrected chi connectivity index (χ3v) is 5.03. The molecule has 2 aromatic carbocycles. The smallest absolute Gasteiger partial charge is 0.122 e. The zero-order valence-electron chi connectivity index (χ0n) is 15.7. The molecule has 0 N–H and O–H groups in total. The summed E-state index contributed by atoms with van der Waals surface area (Å²) in [4.78, 5) is 0. The number of fused-ring (bicyclic) bond motifs is 1. The zero-order chi connectivity index (χ0) is 17.9. The van der Waals surface area contributed by atoms with Crippen LogP contribution in [0.3, 0.4) is 0 Å². The fourth-order valence-electron chi connectivity index (χ4n) is 3.00. The van der Waals surface area contributed by atoms with Crippen molar-refractivity contribution in [1.82, 2.24) is 0 Å². The molecule has 0 unspecified atom stereocenters. The molecule has 25 heavy (non-hydrogen) atoms. The molecular formula is C22H31BrO2. The number of halogens is 1. The number of hydrogen-bond acceptors (Lipinski definition) is 2. The second-order valence-electron chi connectivity index (χ2n) is 6.58. The summed E-state index contributed by atoms with van der Waals surface area (Å²) in [5.41, 5.74) is 1.21. The van der Waals surface area contributed by atoms with E-state index in [1.54, 1.807) is 0 Å². The maximum Gasteiger partial charge on any atom is 0.122 e. The second-order valence-corrected chi connectivity index (χ2v) is 7.37. The van der Waals surface area contributed by atoms with Gasteiger partial charge < -0.3 is 9.47 Å². The number of rotatable bonds is 12. The molecule has 0 fully saturated rings. The minimum absolute atomic E-state index is 0.768. The fraction of sp³-hybridized carbons (Fsp3) is 0.545. The van der Waals surface area contributed by atoms with Crippen molar-refractivity contribution < 1.29 is 9.47 Å². The number of alkyl halides is 1. The number of benzene rings is 2. The van der Waals surface area contributed by atoms with Crippen molar-refractivity contribution in [2.45, 2.75) is 58.8 Å². The van der Waals surface area contributed by atoms with Gasteiger partial charge in [0, 0.05) is 5.33 Å². The van der Waals surface area contributed by atoms with E-state index in [0.29, 0.717) is 0 Å². The summed E-state index contributed by atoms with van der Waals surface area (Å²) in [6, 6.07) is 10.6. The molecular weight excluding hydrogens is 376 g/mol. The SMILES string of the molecule is CCCOc1ccc2cc(OCCCCCCCCBr)ccc2c1C. The minimum Gasteiger partial charge on any atom is -0.494 e. The topological polar surface area (TPSA) is 18.5 Å². The molecule has 0 aliphatic carbocycles. The van der Waals surface area contributed by atoms with Gasteiger partial charge in [0.15, 0.2) is 0 Å². The summed E-state index contributed by atoms with van der Waals surface area (Å²) in [6.45, 7) is 5.83. The number of aryl methyl sites for hydroxylation is 1. The minimum atomic E-state index is 0.768. The van der Waals surface area contributed by atoms with Crippen LogP contribution in [0.1, 0.15) is 57.4 Å². The van der Waals surface area contributed by atoms with Gasteiger partial charge in [0.1, 0.15) is 11.5 Å². The van der Waals surface area contributed by atoms with E-state index < -0.39 is 0 Å². The van der Waals surface area contributed by atoms with Crippen molar-refractivity contribution in [1.29, 1.82) is 0 Å². The second kappa shape index (κ2) is 11.4. The van der Waals surface area contributed by atoms with Crippen LogP contribution < -0.4 is 9.47 Å². The molecule has 0 atom stereocenters. The maximum atomic E-state index is 5.94. The highest BCUT2D eigenvalue weighted by atomic mass is 79.9. The summed E-state index contributed by atoms with van der Waals surface area (Å²) < 4.78 is 11.8. The lowest BCUT2D eigenvalue weighted by atomic mass is 10.0. The maximum absolute atomic E-state index is 5.94. The van der Waals surface area contributed by atoms with E-state index in [2.05, 4.69) is 60.1 Å². The molecule has 0 bridgehead atoms. The van der Waals surface area contributed by atoms with Crippen molar-refractivity contribution in [3.63, 3.8) is 0 Å². The molecule has 0 heterocycles. The lowest BCUT2D eigenvalue weighted by Crippen LogP contribution is -1.98. The Kier molecular flexibility index (Phi) is 9.17. The molecule has 0 aromatic heterocycles. The molecule has 0 radical (unpaired) electrons. The Balaban J connectivity index is 1.82. The van der Waals surface area contributed by atoms with E-state index in [9.17, 15) is 0 Å². The number of hydrogen-bond donors (Lipinski definition) is 0. The largest absolute Gasteiger partial charge is 0.494 e. The van der Waals surface area contributed by atoms with Gasteiger partial charge in [0.25, 0.3) is 0 Å². The Bertz CT molecular complexity index is 639. The van der Waals surface area contributed by atoms with Crippen LogP contribution in [-0.4, -0.2) is 18.5 Å². The lowest BCUT2D eigenvalue weighted by molar-refractivity contribution is 0.304. The highest BCUT2D eigenvalue weighted by Crippen LogP contribution is 2.30. The molecule has 0 amide bonds. The predicted molar refractivity (Wildman–Crippen MR) is 111 cm³/mol. The van der Waals surface area contributed by atoms with E-state index in [-0.39, 0.29) is 0 Å². The van der Waals surface area contributed by atoms with Gasteiger partial charge in [0.05, 0.1) is 13.2 Å².